The molecule has 1 amide bonds. The summed E-state index contributed by atoms with van der Waals surface area (Å²) >= 11 is 0. The third-order valence-electron chi connectivity index (χ3n) is 5.17. The van der Waals surface area contributed by atoms with Gasteiger partial charge in [-0.05, 0) is 43.1 Å². The fraction of sp³-hybridized carbons (Fsp3) is 0.500. The van der Waals surface area contributed by atoms with Crippen LogP contribution in [0.4, 0.5) is 0 Å². The van der Waals surface area contributed by atoms with E-state index in [9.17, 15) is 9.59 Å². The van der Waals surface area contributed by atoms with E-state index in [4.69, 9.17) is 10.00 Å². The molecule has 5 heteroatoms. The smallest absolute Gasteiger partial charge is 0.210 e. The molecule has 1 aliphatic rings. The first-order valence-electron chi connectivity index (χ1n) is 9.56. The van der Waals surface area contributed by atoms with Gasteiger partial charge in [0.05, 0.1) is 12.7 Å². The molecule has 0 saturated carbocycles. The second kappa shape index (κ2) is 12.0. The second-order valence-corrected chi connectivity index (χ2v) is 7.04. The maximum atomic E-state index is 11.6. The number of carbonyl (C=O) groups excluding carboxylic acids is 2. The van der Waals surface area contributed by atoms with Crippen LogP contribution < -0.4 is 0 Å². The maximum absolute atomic E-state index is 11.6. The average Bonchev–Trinajstić information content (AvgIpc) is 2.90. The maximum Gasteiger partial charge on any atom is 0.210 e. The monoisotopic (exact) mass is 368 g/mol. The predicted molar refractivity (Wildman–Crippen MR) is 103 cm³/mol. The van der Waals surface area contributed by atoms with E-state index >= 15 is 0 Å². The van der Waals surface area contributed by atoms with Gasteiger partial charge in [0.2, 0.25) is 6.41 Å². The average molecular weight is 368 g/mol. The zero-order valence-electron chi connectivity index (χ0n) is 15.7. The Morgan fingerprint density at radius 1 is 1.19 bits per heavy atom. The lowest BCUT2D eigenvalue weighted by molar-refractivity contribution is -0.118. The Labute approximate surface area is 161 Å². The molecule has 0 aromatic heterocycles. The molecule has 5 nitrogen and oxygen atoms in total. The van der Waals surface area contributed by atoms with Gasteiger partial charge >= 0.3 is 0 Å². The van der Waals surface area contributed by atoms with Gasteiger partial charge in [-0.25, -0.2) is 0 Å². The summed E-state index contributed by atoms with van der Waals surface area (Å²) in [6.07, 6.45) is 9.27. The van der Waals surface area contributed by atoms with Crippen LogP contribution in [0.5, 0.6) is 0 Å². The number of nitriles is 1. The van der Waals surface area contributed by atoms with Crippen molar-refractivity contribution in [3.8, 4) is 6.07 Å². The van der Waals surface area contributed by atoms with E-state index < -0.39 is 0 Å². The van der Waals surface area contributed by atoms with Crippen LogP contribution in [0.15, 0.2) is 42.5 Å². The minimum Gasteiger partial charge on any atom is -0.377 e. The van der Waals surface area contributed by atoms with E-state index in [2.05, 4.69) is 12.2 Å². The lowest BCUT2D eigenvalue weighted by Gasteiger charge is -2.31. The van der Waals surface area contributed by atoms with Crippen LogP contribution in [-0.4, -0.2) is 37.3 Å². The van der Waals surface area contributed by atoms with E-state index in [1.54, 1.807) is 0 Å². The predicted octanol–water partition coefficient (Wildman–Crippen LogP) is 3.36. The van der Waals surface area contributed by atoms with Crippen LogP contribution in [0.3, 0.4) is 0 Å². The first-order chi connectivity index (χ1) is 13.3. The Morgan fingerprint density at radius 3 is 2.67 bits per heavy atom. The minimum absolute atomic E-state index is 0.0431. The Hall–Kier alpha value is -2.45. The van der Waals surface area contributed by atoms with Gasteiger partial charge in [0, 0.05) is 19.1 Å². The molecule has 144 valence electrons. The second-order valence-electron chi connectivity index (χ2n) is 7.04. The van der Waals surface area contributed by atoms with E-state index in [-0.39, 0.29) is 24.3 Å². The molecule has 27 heavy (non-hydrogen) atoms. The third kappa shape index (κ3) is 6.99. The molecule has 3 atom stereocenters. The third-order valence-corrected chi connectivity index (χ3v) is 5.17. The van der Waals surface area contributed by atoms with Crippen molar-refractivity contribution < 1.29 is 14.3 Å². The minimum atomic E-state index is -0.0431. The lowest BCUT2D eigenvalue weighted by Crippen LogP contribution is -2.35. The summed E-state index contributed by atoms with van der Waals surface area (Å²) in [5.41, 5.74) is 1.15. The van der Waals surface area contributed by atoms with Gasteiger partial charge in [-0.1, -0.05) is 42.5 Å². The highest BCUT2D eigenvalue weighted by atomic mass is 16.5. The number of hydrogen-bond donors (Lipinski definition) is 0. The number of carbonyl (C=O) groups is 2. The van der Waals surface area contributed by atoms with E-state index in [1.807, 2.05) is 36.4 Å². The van der Waals surface area contributed by atoms with Crippen LogP contribution in [-0.2, 0) is 20.9 Å². The van der Waals surface area contributed by atoms with Crippen molar-refractivity contribution in [2.45, 2.75) is 32.3 Å². The molecule has 2 rings (SSSR count). The van der Waals surface area contributed by atoms with Crippen LogP contribution in [0.1, 0.15) is 31.2 Å². The first kappa shape index (κ1) is 20.9. The fourth-order valence-electron chi connectivity index (χ4n) is 3.76. The summed E-state index contributed by atoms with van der Waals surface area (Å²) in [6.45, 7) is 1.84. The molecule has 0 bridgehead atoms. The van der Waals surface area contributed by atoms with Crippen molar-refractivity contribution in [1.82, 2.24) is 4.90 Å². The van der Waals surface area contributed by atoms with Crippen LogP contribution in [0, 0.1) is 29.1 Å². The number of nitrogens with zero attached hydrogens (tertiary/aromatic N) is 2. The van der Waals surface area contributed by atoms with Gasteiger partial charge in [-0.2, -0.15) is 5.26 Å². The SMILES string of the molecule is N#CCN(C=O)C[C@H]1CC=CCC(C=O)[C@H]1CCCOCc1ccccc1. The van der Waals surface area contributed by atoms with Crippen molar-refractivity contribution in [1.29, 1.82) is 5.26 Å². The van der Waals surface area contributed by atoms with Gasteiger partial charge in [-0.15, -0.1) is 0 Å². The molecule has 0 heterocycles. The van der Waals surface area contributed by atoms with Gasteiger partial charge < -0.3 is 14.4 Å². The summed E-state index contributed by atoms with van der Waals surface area (Å²) in [5.74, 6) is 0.337. The largest absolute Gasteiger partial charge is 0.377 e. The van der Waals surface area contributed by atoms with Crippen LogP contribution >= 0.6 is 0 Å². The number of aldehydes is 1. The Morgan fingerprint density at radius 2 is 1.96 bits per heavy atom. The van der Waals surface area contributed by atoms with Gasteiger partial charge in [0.25, 0.3) is 0 Å². The van der Waals surface area contributed by atoms with Crippen molar-refractivity contribution in [2.24, 2.45) is 17.8 Å². The normalized spacial score (nSPS) is 21.8. The molecule has 0 N–H and O–H groups in total. The number of ether oxygens (including phenoxy) is 1. The summed E-state index contributed by atoms with van der Waals surface area (Å²) in [5, 5.41) is 8.87. The highest BCUT2D eigenvalue weighted by molar-refractivity contribution is 5.55. The molecule has 0 radical (unpaired) electrons. The molecular formula is C22H28N2O3. The zero-order valence-corrected chi connectivity index (χ0v) is 15.7. The Kier molecular flexibility index (Phi) is 9.29. The summed E-state index contributed by atoms with van der Waals surface area (Å²) in [6, 6.07) is 12.1. The first-order valence-corrected chi connectivity index (χ1v) is 9.56. The lowest BCUT2D eigenvalue weighted by atomic mass is 9.77. The molecule has 1 aliphatic carbocycles. The molecule has 0 saturated heterocycles. The van der Waals surface area contributed by atoms with Gasteiger partial charge in [-0.3, -0.25) is 4.79 Å². The summed E-state index contributed by atoms with van der Waals surface area (Å²) in [7, 11) is 0. The van der Waals surface area contributed by atoms with Crippen molar-refractivity contribution in [2.75, 3.05) is 19.7 Å². The quantitative estimate of drug-likeness (QED) is 0.260. The Balaban J connectivity index is 1.88. The summed E-state index contributed by atoms with van der Waals surface area (Å²) in [4.78, 5) is 24.3. The standard InChI is InChI=1S/C22H28N2O3/c23-12-13-24(18-26)15-20-9-4-5-10-21(16-25)22(20)11-6-14-27-17-19-7-2-1-3-8-19/h1-5,7-8,16,18,20-22H,6,9-11,13-15,17H2/t20-,21?,22+/m1/s1. The number of rotatable bonds is 11. The van der Waals surface area contributed by atoms with Crippen LogP contribution in [0.25, 0.3) is 0 Å². The van der Waals surface area contributed by atoms with Crippen molar-refractivity contribution in [3.05, 3.63) is 48.0 Å². The topological polar surface area (TPSA) is 70.4 Å². The fourth-order valence-corrected chi connectivity index (χ4v) is 3.76. The molecule has 0 aliphatic heterocycles. The Bertz CT molecular complexity index is 639. The van der Waals surface area contributed by atoms with Crippen molar-refractivity contribution >= 4 is 12.7 Å². The van der Waals surface area contributed by atoms with E-state index in [1.165, 1.54) is 4.90 Å². The zero-order chi connectivity index (χ0) is 19.3. The van der Waals surface area contributed by atoms with Crippen LogP contribution in [0.2, 0.25) is 0 Å². The highest BCUT2D eigenvalue weighted by Gasteiger charge is 2.30. The molecule has 0 fully saturated rings. The number of benzene rings is 1. The molecule has 1 aromatic carbocycles. The molecule has 1 aromatic rings. The van der Waals surface area contributed by atoms with E-state index in [0.717, 1.165) is 43.9 Å². The molecule has 1 unspecified atom stereocenters. The van der Waals surface area contributed by atoms with E-state index in [0.29, 0.717) is 19.8 Å². The number of hydrogen-bond acceptors (Lipinski definition) is 4. The number of amides is 1. The molecular weight excluding hydrogens is 340 g/mol. The van der Waals surface area contributed by atoms with Gasteiger partial charge in [0.1, 0.15) is 12.8 Å². The van der Waals surface area contributed by atoms with Crippen molar-refractivity contribution in [3.63, 3.8) is 0 Å². The highest BCUT2D eigenvalue weighted by Crippen LogP contribution is 2.33. The summed E-state index contributed by atoms with van der Waals surface area (Å²) < 4.78 is 5.77. The molecule has 0 spiro atoms. The number of allylic oxidation sites excluding steroid dienone is 2. The van der Waals surface area contributed by atoms with Gasteiger partial charge in [0.15, 0.2) is 0 Å².